The van der Waals surface area contributed by atoms with Crippen molar-refractivity contribution in [3.05, 3.63) is 58.9 Å². The van der Waals surface area contributed by atoms with Gasteiger partial charge >= 0.3 is 6.18 Å². The van der Waals surface area contributed by atoms with Crippen LogP contribution in [-0.4, -0.2) is 26.4 Å². The average molecular weight is 421 g/mol. The molecule has 0 heterocycles. The minimum absolute atomic E-state index is 0.144. The van der Waals surface area contributed by atoms with E-state index in [4.69, 9.17) is 0 Å². The second kappa shape index (κ2) is 8.20. The Bertz CT molecular complexity index is 887. The second-order valence-corrected chi connectivity index (χ2v) is 8.95. The van der Waals surface area contributed by atoms with Gasteiger partial charge in [-0.3, -0.25) is 0 Å². The molecule has 0 aromatic heterocycles. The van der Waals surface area contributed by atoms with Crippen molar-refractivity contribution < 1.29 is 26.0 Å². The van der Waals surface area contributed by atoms with E-state index in [1.54, 1.807) is 37.6 Å². The van der Waals surface area contributed by atoms with Crippen LogP contribution in [0.2, 0.25) is 0 Å². The van der Waals surface area contributed by atoms with Crippen molar-refractivity contribution in [3.8, 4) is 0 Å². The quantitative estimate of drug-likeness (QED) is 0.541. The number of nitrogens with one attached hydrogen (secondary N) is 1. The highest BCUT2D eigenvalue weighted by atomic mass is 32.2. The first-order valence-electron chi connectivity index (χ1n) is 7.95. The molecular formula is C18H19F4NO2S2. The molecule has 0 aliphatic rings. The fourth-order valence-electron chi connectivity index (χ4n) is 2.74. The van der Waals surface area contributed by atoms with Crippen molar-refractivity contribution in [1.82, 2.24) is 4.72 Å². The molecule has 2 rings (SSSR count). The fraction of sp³-hybridized carbons (Fsp3) is 0.333. The van der Waals surface area contributed by atoms with Crippen molar-refractivity contribution in [2.45, 2.75) is 42.8 Å². The van der Waals surface area contributed by atoms with Gasteiger partial charge in [0.2, 0.25) is 10.0 Å². The molecule has 148 valence electrons. The normalized spacial score (nSPS) is 13.6. The summed E-state index contributed by atoms with van der Waals surface area (Å²) < 4.78 is 80.1. The van der Waals surface area contributed by atoms with Crippen molar-refractivity contribution >= 4 is 21.8 Å². The molecule has 0 saturated carbocycles. The Hall–Kier alpha value is -1.58. The summed E-state index contributed by atoms with van der Waals surface area (Å²) in [6, 6.07) is 5.89. The first kappa shape index (κ1) is 21.7. The lowest BCUT2D eigenvalue weighted by molar-refractivity contribution is -0.145. The Morgan fingerprint density at radius 2 is 1.56 bits per heavy atom. The van der Waals surface area contributed by atoms with Gasteiger partial charge in [0.1, 0.15) is 11.9 Å². The lowest BCUT2D eigenvalue weighted by Crippen LogP contribution is -2.47. The summed E-state index contributed by atoms with van der Waals surface area (Å²) in [6.45, 7) is 4.87. The predicted molar refractivity (Wildman–Crippen MR) is 97.9 cm³/mol. The molecule has 1 N–H and O–H groups in total. The van der Waals surface area contributed by atoms with E-state index in [0.29, 0.717) is 16.0 Å². The van der Waals surface area contributed by atoms with Crippen LogP contribution in [0, 0.1) is 26.6 Å². The molecule has 0 radical (unpaired) electrons. The van der Waals surface area contributed by atoms with E-state index >= 15 is 0 Å². The van der Waals surface area contributed by atoms with Crippen molar-refractivity contribution in [2.24, 2.45) is 0 Å². The van der Waals surface area contributed by atoms with Gasteiger partial charge in [-0.2, -0.15) is 17.9 Å². The van der Waals surface area contributed by atoms with E-state index in [-0.39, 0.29) is 4.90 Å². The minimum Gasteiger partial charge on any atom is -0.207 e. The van der Waals surface area contributed by atoms with Gasteiger partial charge in [-0.25, -0.2) is 12.8 Å². The molecule has 2 aromatic carbocycles. The highest BCUT2D eigenvalue weighted by Gasteiger charge is 2.42. The molecule has 27 heavy (non-hydrogen) atoms. The zero-order valence-electron chi connectivity index (χ0n) is 14.9. The smallest absolute Gasteiger partial charge is 0.207 e. The number of aryl methyl sites for hydroxylation is 3. The summed E-state index contributed by atoms with van der Waals surface area (Å²) >= 11 is 0.797. The van der Waals surface area contributed by atoms with E-state index in [1.807, 2.05) is 0 Å². The molecule has 1 atom stereocenters. The number of hydrogen-bond acceptors (Lipinski definition) is 3. The summed E-state index contributed by atoms with van der Waals surface area (Å²) in [5.41, 5.74) is 1.59. The predicted octanol–water partition coefficient (Wildman–Crippen LogP) is 4.75. The van der Waals surface area contributed by atoms with Crippen LogP contribution in [0.4, 0.5) is 17.6 Å². The number of rotatable bonds is 6. The fourth-order valence-corrected chi connectivity index (χ4v) is 5.48. The highest BCUT2D eigenvalue weighted by molar-refractivity contribution is 7.99. The number of halogens is 4. The molecule has 0 bridgehead atoms. The first-order valence-corrected chi connectivity index (χ1v) is 10.4. The van der Waals surface area contributed by atoms with Gasteiger partial charge in [0.15, 0.2) is 0 Å². The Labute approximate surface area is 160 Å². The van der Waals surface area contributed by atoms with E-state index in [0.717, 1.165) is 29.5 Å². The summed E-state index contributed by atoms with van der Waals surface area (Å²) in [5.74, 6) is -1.07. The molecule has 3 nitrogen and oxygen atoms in total. The summed E-state index contributed by atoms with van der Waals surface area (Å²) in [7, 11) is -4.38. The number of sulfonamides is 1. The third kappa shape index (κ3) is 5.70. The van der Waals surface area contributed by atoms with E-state index < -0.39 is 33.8 Å². The van der Waals surface area contributed by atoms with Crippen molar-refractivity contribution in [3.63, 3.8) is 0 Å². The zero-order valence-corrected chi connectivity index (χ0v) is 16.5. The number of hydrogen-bond donors (Lipinski definition) is 1. The van der Waals surface area contributed by atoms with Gasteiger partial charge in [-0.1, -0.05) is 17.7 Å². The second-order valence-electron chi connectivity index (χ2n) is 6.21. The zero-order chi connectivity index (χ0) is 20.4. The maximum absolute atomic E-state index is 13.4. The van der Waals surface area contributed by atoms with E-state index in [2.05, 4.69) is 0 Å². The molecule has 0 aliphatic heterocycles. The van der Waals surface area contributed by atoms with Crippen LogP contribution >= 0.6 is 11.8 Å². The maximum Gasteiger partial charge on any atom is 0.405 e. The van der Waals surface area contributed by atoms with Gasteiger partial charge in [0.25, 0.3) is 0 Å². The molecule has 0 aliphatic carbocycles. The van der Waals surface area contributed by atoms with Crippen LogP contribution in [0.1, 0.15) is 16.7 Å². The molecule has 1 unspecified atom stereocenters. The largest absolute Gasteiger partial charge is 0.405 e. The van der Waals surface area contributed by atoms with Crippen LogP contribution in [0.25, 0.3) is 0 Å². The lowest BCUT2D eigenvalue weighted by Gasteiger charge is -2.22. The molecule has 2 aromatic rings. The lowest BCUT2D eigenvalue weighted by atomic mass is 10.1. The third-order valence-electron chi connectivity index (χ3n) is 3.80. The minimum atomic E-state index is -4.77. The molecule has 0 saturated heterocycles. The van der Waals surface area contributed by atoms with Crippen molar-refractivity contribution in [1.29, 1.82) is 0 Å². The van der Waals surface area contributed by atoms with Crippen LogP contribution in [0.3, 0.4) is 0 Å². The van der Waals surface area contributed by atoms with Crippen molar-refractivity contribution in [2.75, 3.05) is 5.75 Å². The molecule has 0 spiro atoms. The summed E-state index contributed by atoms with van der Waals surface area (Å²) in [6.07, 6.45) is -4.77. The van der Waals surface area contributed by atoms with Crippen LogP contribution < -0.4 is 4.72 Å². The van der Waals surface area contributed by atoms with Gasteiger partial charge in [-0.15, -0.1) is 11.8 Å². The molecule has 0 fully saturated rings. The highest BCUT2D eigenvalue weighted by Crippen LogP contribution is 2.29. The third-order valence-corrected chi connectivity index (χ3v) is 6.68. The Morgan fingerprint density at radius 1 is 1.04 bits per heavy atom. The summed E-state index contributed by atoms with van der Waals surface area (Å²) in [4.78, 5) is 0.265. The van der Waals surface area contributed by atoms with Crippen LogP contribution in [-0.2, 0) is 10.0 Å². The summed E-state index contributed by atoms with van der Waals surface area (Å²) in [5, 5.41) is 0. The number of alkyl halides is 3. The van der Waals surface area contributed by atoms with Gasteiger partial charge in [0.05, 0.1) is 4.90 Å². The first-order chi connectivity index (χ1) is 12.4. The van der Waals surface area contributed by atoms with Gasteiger partial charge in [0, 0.05) is 10.6 Å². The van der Waals surface area contributed by atoms with E-state index in [9.17, 15) is 26.0 Å². The standard InChI is InChI=1S/C18H19F4NO2S2/c1-11-8-12(2)17(13(3)9-11)27(24,25)23-16(18(20,21)22)10-26-15-6-4-14(19)5-7-15/h4-9,16,23H,10H2,1-3H3. The Kier molecular flexibility index (Phi) is 6.59. The molecule has 9 heteroatoms. The number of thioether (sulfide) groups is 1. The monoisotopic (exact) mass is 421 g/mol. The topological polar surface area (TPSA) is 46.2 Å². The average Bonchev–Trinajstić information content (AvgIpc) is 2.50. The Morgan fingerprint density at radius 3 is 2.04 bits per heavy atom. The SMILES string of the molecule is Cc1cc(C)c(S(=O)(=O)NC(CSc2ccc(F)cc2)C(F)(F)F)c(C)c1. The molecule has 0 amide bonds. The number of benzene rings is 2. The maximum atomic E-state index is 13.4. The molecular weight excluding hydrogens is 402 g/mol. The van der Waals surface area contributed by atoms with E-state index in [1.165, 1.54) is 12.1 Å². The van der Waals surface area contributed by atoms with Crippen LogP contribution in [0.15, 0.2) is 46.2 Å². The van der Waals surface area contributed by atoms with Gasteiger partial charge < -0.3 is 0 Å². The van der Waals surface area contributed by atoms with Crippen LogP contribution in [0.5, 0.6) is 0 Å². The Balaban J connectivity index is 2.26. The van der Waals surface area contributed by atoms with Gasteiger partial charge in [-0.05, 0) is 56.2 Å².